The van der Waals surface area contributed by atoms with E-state index in [1.54, 1.807) is 41.1 Å². The molecule has 2 aromatic carbocycles. The molecule has 3 heterocycles. The van der Waals surface area contributed by atoms with Gasteiger partial charge in [0.2, 0.25) is 0 Å². The molecular weight excluding hydrogens is 502 g/mol. The predicted octanol–water partition coefficient (Wildman–Crippen LogP) is 6.37. The third kappa shape index (κ3) is 5.05. The molecular formula is C25H25N3O4S3. The summed E-state index contributed by atoms with van der Waals surface area (Å²) in [6.07, 6.45) is 1.83. The van der Waals surface area contributed by atoms with Gasteiger partial charge in [0.05, 0.1) is 15.6 Å². The van der Waals surface area contributed by atoms with Crippen LogP contribution in [-0.4, -0.2) is 24.0 Å². The quantitative estimate of drug-likeness (QED) is 0.314. The first-order chi connectivity index (χ1) is 16.6. The molecule has 10 heteroatoms. The zero-order valence-corrected chi connectivity index (χ0v) is 22.2. The summed E-state index contributed by atoms with van der Waals surface area (Å²) in [6.45, 7) is 7.97. The molecule has 35 heavy (non-hydrogen) atoms. The summed E-state index contributed by atoms with van der Waals surface area (Å²) < 4.78 is 41.1. The molecule has 0 saturated heterocycles. The summed E-state index contributed by atoms with van der Waals surface area (Å²) in [5.41, 5.74) is 3.19. The van der Waals surface area contributed by atoms with Gasteiger partial charge in [-0.05, 0) is 45.9 Å². The Morgan fingerprint density at radius 1 is 1.14 bits per heavy atom. The van der Waals surface area contributed by atoms with Gasteiger partial charge < -0.3 is 9.47 Å². The molecule has 0 amide bonds. The van der Waals surface area contributed by atoms with Gasteiger partial charge in [0.15, 0.2) is 5.13 Å². The van der Waals surface area contributed by atoms with E-state index in [0.717, 1.165) is 33.1 Å². The lowest BCUT2D eigenvalue weighted by atomic mass is 9.91. The van der Waals surface area contributed by atoms with E-state index in [0.29, 0.717) is 17.3 Å². The van der Waals surface area contributed by atoms with Crippen LogP contribution in [0.25, 0.3) is 11.3 Å². The topological polar surface area (TPSA) is 90.4 Å². The highest BCUT2D eigenvalue weighted by Gasteiger charge is 2.36. The van der Waals surface area contributed by atoms with Crippen molar-refractivity contribution >= 4 is 37.8 Å². The highest BCUT2D eigenvalue weighted by molar-refractivity contribution is 7.93. The molecule has 5 rings (SSSR count). The van der Waals surface area contributed by atoms with Crippen molar-refractivity contribution in [1.82, 2.24) is 9.97 Å². The second kappa shape index (κ2) is 8.92. The van der Waals surface area contributed by atoms with Crippen molar-refractivity contribution in [2.75, 3.05) is 4.72 Å². The van der Waals surface area contributed by atoms with Gasteiger partial charge in [-0.15, -0.1) is 22.7 Å². The lowest BCUT2D eigenvalue weighted by Gasteiger charge is -2.38. The minimum absolute atomic E-state index is 0.108. The van der Waals surface area contributed by atoms with Crippen LogP contribution in [0, 0.1) is 13.8 Å². The van der Waals surface area contributed by atoms with E-state index in [2.05, 4.69) is 20.8 Å². The normalized spacial score (nSPS) is 16.9. The number of rotatable bonds is 6. The van der Waals surface area contributed by atoms with Crippen molar-refractivity contribution in [2.45, 2.75) is 50.7 Å². The molecule has 2 aromatic heterocycles. The fourth-order valence-electron chi connectivity index (χ4n) is 4.07. The van der Waals surface area contributed by atoms with Crippen molar-refractivity contribution in [3.63, 3.8) is 0 Å². The van der Waals surface area contributed by atoms with E-state index < -0.39 is 15.6 Å². The summed E-state index contributed by atoms with van der Waals surface area (Å²) in [7, 11) is -3.81. The monoisotopic (exact) mass is 527 g/mol. The molecule has 7 nitrogen and oxygen atoms in total. The SMILES string of the molecule is Cc1ccc(O[C@@H]2CC(C)(C)Oc3cc(S(=O)(=O)Nc4nccs4)ccc32)c(-c2csc(C)n2)c1. The number of benzene rings is 2. The molecule has 0 saturated carbocycles. The minimum atomic E-state index is -3.81. The van der Waals surface area contributed by atoms with Gasteiger partial charge in [0, 0.05) is 40.6 Å². The van der Waals surface area contributed by atoms with Gasteiger partial charge >= 0.3 is 0 Å². The zero-order valence-electron chi connectivity index (χ0n) is 19.7. The number of aromatic nitrogens is 2. The molecule has 1 N–H and O–H groups in total. The number of thiazole rings is 2. The number of hydrogen-bond donors (Lipinski definition) is 1. The lowest BCUT2D eigenvalue weighted by Crippen LogP contribution is -2.36. The third-order valence-corrected chi connectivity index (χ3v) is 8.59. The number of sulfonamides is 1. The molecule has 0 unspecified atom stereocenters. The van der Waals surface area contributed by atoms with Crippen molar-refractivity contribution in [3.8, 4) is 22.8 Å². The molecule has 4 aromatic rings. The van der Waals surface area contributed by atoms with Gasteiger partial charge in [0.1, 0.15) is 23.2 Å². The molecule has 0 radical (unpaired) electrons. The van der Waals surface area contributed by atoms with E-state index in [-0.39, 0.29) is 11.0 Å². The number of nitrogens with zero attached hydrogens (tertiary/aromatic N) is 2. The Kier molecular flexibility index (Phi) is 6.06. The van der Waals surface area contributed by atoms with Crippen LogP contribution in [0.3, 0.4) is 0 Å². The number of anilines is 1. The molecule has 0 spiro atoms. The van der Waals surface area contributed by atoms with Crippen molar-refractivity contribution in [2.24, 2.45) is 0 Å². The minimum Gasteiger partial charge on any atom is -0.487 e. The first kappa shape index (κ1) is 23.8. The van der Waals surface area contributed by atoms with Crippen molar-refractivity contribution in [1.29, 1.82) is 0 Å². The Labute approximate surface area is 212 Å². The average molecular weight is 528 g/mol. The number of ether oxygens (including phenoxy) is 2. The number of aryl methyl sites for hydroxylation is 2. The van der Waals surface area contributed by atoms with Gasteiger partial charge in [0.25, 0.3) is 10.0 Å². The Hall–Kier alpha value is -2.95. The summed E-state index contributed by atoms with van der Waals surface area (Å²) in [4.78, 5) is 8.77. The van der Waals surface area contributed by atoms with Crippen molar-refractivity contribution in [3.05, 3.63) is 69.5 Å². The third-order valence-electron chi connectivity index (χ3n) is 5.66. The highest BCUT2D eigenvalue weighted by Crippen LogP contribution is 2.44. The highest BCUT2D eigenvalue weighted by atomic mass is 32.2. The largest absolute Gasteiger partial charge is 0.487 e. The number of fused-ring (bicyclic) bond motifs is 1. The molecule has 0 aliphatic carbocycles. The fraction of sp³-hybridized carbons (Fsp3) is 0.280. The predicted molar refractivity (Wildman–Crippen MR) is 139 cm³/mol. The maximum Gasteiger partial charge on any atom is 0.263 e. The second-order valence-electron chi connectivity index (χ2n) is 9.07. The number of hydrogen-bond acceptors (Lipinski definition) is 8. The first-order valence-electron chi connectivity index (χ1n) is 11.0. The van der Waals surface area contributed by atoms with Gasteiger partial charge in [-0.1, -0.05) is 17.7 Å². The summed E-state index contributed by atoms with van der Waals surface area (Å²) in [5, 5.41) is 5.05. The summed E-state index contributed by atoms with van der Waals surface area (Å²) in [6, 6.07) is 11.0. The van der Waals surface area contributed by atoms with E-state index in [1.165, 1.54) is 11.3 Å². The van der Waals surface area contributed by atoms with E-state index >= 15 is 0 Å². The lowest BCUT2D eigenvalue weighted by molar-refractivity contribution is 0.0219. The van der Waals surface area contributed by atoms with E-state index in [1.807, 2.05) is 45.2 Å². The molecule has 0 fully saturated rings. The molecule has 0 bridgehead atoms. The maximum atomic E-state index is 12.9. The van der Waals surface area contributed by atoms with E-state index in [9.17, 15) is 8.42 Å². The van der Waals surface area contributed by atoms with Gasteiger partial charge in [-0.2, -0.15) is 0 Å². The van der Waals surface area contributed by atoms with Crippen molar-refractivity contribution < 1.29 is 17.9 Å². The van der Waals surface area contributed by atoms with Crippen LogP contribution in [0.15, 0.2) is 58.3 Å². The first-order valence-corrected chi connectivity index (χ1v) is 14.3. The van der Waals surface area contributed by atoms with Crippen LogP contribution in [0.2, 0.25) is 0 Å². The van der Waals surface area contributed by atoms with Gasteiger partial charge in [-0.25, -0.2) is 18.4 Å². The zero-order chi connectivity index (χ0) is 24.8. The van der Waals surface area contributed by atoms with Crippen LogP contribution in [0.5, 0.6) is 11.5 Å². The van der Waals surface area contributed by atoms with E-state index in [4.69, 9.17) is 9.47 Å². The van der Waals surface area contributed by atoms with Crippen LogP contribution in [0.1, 0.15) is 42.5 Å². The molecule has 1 atom stereocenters. The molecule has 182 valence electrons. The standard InChI is InChI=1S/C25H25N3O4S3/c1-15-5-8-21(19(11-15)20-14-34-16(2)27-20)31-23-13-25(3,4)32-22-12-17(6-7-18(22)23)35(29,30)28-24-26-9-10-33-24/h5-12,14,23H,13H2,1-4H3,(H,26,28)/t23-/m1/s1. The summed E-state index contributed by atoms with van der Waals surface area (Å²) in [5.74, 6) is 1.23. The fourth-order valence-corrected chi connectivity index (χ4v) is 6.49. The Morgan fingerprint density at radius 3 is 2.69 bits per heavy atom. The Bertz CT molecular complexity index is 1480. The van der Waals surface area contributed by atoms with Crippen LogP contribution in [-0.2, 0) is 10.0 Å². The Morgan fingerprint density at radius 2 is 1.97 bits per heavy atom. The second-order valence-corrected chi connectivity index (χ2v) is 12.7. The average Bonchev–Trinajstić information content (AvgIpc) is 3.45. The summed E-state index contributed by atoms with van der Waals surface area (Å²) >= 11 is 2.82. The van der Waals surface area contributed by atoms with Crippen LogP contribution in [0.4, 0.5) is 5.13 Å². The Balaban J connectivity index is 1.50. The smallest absolute Gasteiger partial charge is 0.263 e. The van der Waals surface area contributed by atoms with Gasteiger partial charge in [-0.3, -0.25) is 4.72 Å². The maximum absolute atomic E-state index is 12.9. The van der Waals surface area contributed by atoms with Crippen LogP contribution >= 0.6 is 22.7 Å². The molecule has 1 aliphatic rings. The van der Waals surface area contributed by atoms with Crippen LogP contribution < -0.4 is 14.2 Å². The molecule has 1 aliphatic heterocycles. The number of nitrogens with one attached hydrogen (secondary N) is 1.